The van der Waals surface area contributed by atoms with Gasteiger partial charge in [-0.3, -0.25) is 4.79 Å². The van der Waals surface area contributed by atoms with E-state index in [4.69, 9.17) is 9.26 Å². The van der Waals surface area contributed by atoms with Crippen LogP contribution in [0.4, 0.5) is 0 Å². The van der Waals surface area contributed by atoms with Gasteiger partial charge >= 0.3 is 0 Å². The van der Waals surface area contributed by atoms with E-state index < -0.39 is 0 Å². The van der Waals surface area contributed by atoms with Crippen molar-refractivity contribution in [3.8, 4) is 11.3 Å². The van der Waals surface area contributed by atoms with Crippen LogP contribution >= 0.6 is 0 Å². The number of carbonyl (C=O) groups is 1. The third-order valence-electron chi connectivity index (χ3n) is 3.71. The normalized spacial score (nSPS) is 17.9. The second-order valence-electron chi connectivity index (χ2n) is 5.27. The molecule has 1 fully saturated rings. The molecule has 5 heteroatoms. The minimum atomic E-state index is -0.139. The standard InChI is InChI=1S/C16H18N2O3/c1-11-14(16(19)17-9-12-7-8-20-10-12)15(18-21-11)13-5-3-2-4-6-13/h2-6,12H,7-10H2,1H3,(H,17,19)/t12-/m1/s1. The fourth-order valence-corrected chi connectivity index (χ4v) is 2.50. The Hall–Kier alpha value is -2.14. The lowest BCUT2D eigenvalue weighted by Gasteiger charge is -2.09. The molecule has 0 bridgehead atoms. The predicted octanol–water partition coefficient (Wildman–Crippen LogP) is 2.42. The first-order valence-corrected chi connectivity index (χ1v) is 7.13. The molecule has 1 amide bonds. The summed E-state index contributed by atoms with van der Waals surface area (Å²) >= 11 is 0. The molecule has 1 N–H and O–H groups in total. The van der Waals surface area contributed by atoms with Crippen LogP contribution in [0, 0.1) is 12.8 Å². The number of benzene rings is 1. The third-order valence-corrected chi connectivity index (χ3v) is 3.71. The van der Waals surface area contributed by atoms with E-state index in [-0.39, 0.29) is 5.91 Å². The van der Waals surface area contributed by atoms with Crippen molar-refractivity contribution in [2.24, 2.45) is 5.92 Å². The van der Waals surface area contributed by atoms with Gasteiger partial charge in [-0.05, 0) is 13.3 Å². The fraction of sp³-hybridized carbons (Fsp3) is 0.375. The maximum atomic E-state index is 12.4. The number of hydrogen-bond donors (Lipinski definition) is 1. The highest BCUT2D eigenvalue weighted by Gasteiger charge is 2.23. The van der Waals surface area contributed by atoms with Crippen molar-refractivity contribution < 1.29 is 14.1 Å². The highest BCUT2D eigenvalue weighted by Crippen LogP contribution is 2.25. The van der Waals surface area contributed by atoms with E-state index >= 15 is 0 Å². The summed E-state index contributed by atoms with van der Waals surface area (Å²) in [6.07, 6.45) is 0.994. The summed E-state index contributed by atoms with van der Waals surface area (Å²) in [5.41, 5.74) is 1.98. The molecule has 2 heterocycles. The molecule has 110 valence electrons. The highest BCUT2D eigenvalue weighted by atomic mass is 16.5. The van der Waals surface area contributed by atoms with Crippen LogP contribution in [0.5, 0.6) is 0 Å². The Bertz CT molecular complexity index is 616. The SMILES string of the molecule is Cc1onc(-c2ccccc2)c1C(=O)NC[C@H]1CCOC1. The van der Waals surface area contributed by atoms with Gasteiger partial charge in [-0.15, -0.1) is 0 Å². The number of nitrogens with one attached hydrogen (secondary N) is 1. The number of ether oxygens (including phenoxy) is 1. The van der Waals surface area contributed by atoms with Gasteiger partial charge in [0.05, 0.1) is 6.61 Å². The molecule has 0 saturated carbocycles. The molecule has 2 aromatic rings. The number of amides is 1. The average Bonchev–Trinajstić information content (AvgIpc) is 3.15. The molecule has 0 unspecified atom stereocenters. The summed E-state index contributed by atoms with van der Waals surface area (Å²) in [6.45, 7) is 3.88. The first-order valence-electron chi connectivity index (χ1n) is 7.13. The van der Waals surface area contributed by atoms with Crippen molar-refractivity contribution >= 4 is 5.91 Å². The molecule has 1 aliphatic rings. The molecule has 0 radical (unpaired) electrons. The number of carbonyl (C=O) groups excluding carboxylic acids is 1. The molecule has 0 aliphatic carbocycles. The van der Waals surface area contributed by atoms with Gasteiger partial charge < -0.3 is 14.6 Å². The molecule has 1 aromatic heterocycles. The first-order chi connectivity index (χ1) is 10.3. The van der Waals surface area contributed by atoms with Crippen LogP contribution in [0.1, 0.15) is 22.5 Å². The van der Waals surface area contributed by atoms with Gasteiger partial charge in [0.15, 0.2) is 0 Å². The Balaban J connectivity index is 1.78. The number of nitrogens with zero attached hydrogens (tertiary/aromatic N) is 1. The van der Waals surface area contributed by atoms with Crippen molar-refractivity contribution in [1.82, 2.24) is 10.5 Å². The van der Waals surface area contributed by atoms with E-state index in [0.29, 0.717) is 36.1 Å². The van der Waals surface area contributed by atoms with Gasteiger partial charge in [-0.25, -0.2) is 0 Å². The van der Waals surface area contributed by atoms with E-state index in [9.17, 15) is 4.79 Å². The Morgan fingerprint density at radius 3 is 2.90 bits per heavy atom. The van der Waals surface area contributed by atoms with Crippen molar-refractivity contribution in [3.63, 3.8) is 0 Å². The zero-order chi connectivity index (χ0) is 14.7. The quantitative estimate of drug-likeness (QED) is 0.937. The number of aryl methyl sites for hydroxylation is 1. The molecule has 21 heavy (non-hydrogen) atoms. The van der Waals surface area contributed by atoms with Crippen molar-refractivity contribution in [2.45, 2.75) is 13.3 Å². The second-order valence-corrected chi connectivity index (χ2v) is 5.27. The average molecular weight is 286 g/mol. The fourth-order valence-electron chi connectivity index (χ4n) is 2.50. The van der Waals surface area contributed by atoms with Crippen molar-refractivity contribution in [3.05, 3.63) is 41.7 Å². The summed E-state index contributed by atoms with van der Waals surface area (Å²) in [6, 6.07) is 9.59. The summed E-state index contributed by atoms with van der Waals surface area (Å²) in [4.78, 5) is 12.4. The molecular formula is C16H18N2O3. The van der Waals surface area contributed by atoms with Crippen LogP contribution in [0.3, 0.4) is 0 Å². The van der Waals surface area contributed by atoms with Gasteiger partial charge in [-0.2, -0.15) is 0 Å². The molecule has 3 rings (SSSR count). The van der Waals surface area contributed by atoms with Crippen LogP contribution in [0.15, 0.2) is 34.9 Å². The van der Waals surface area contributed by atoms with Gasteiger partial charge in [0.25, 0.3) is 5.91 Å². The van der Waals surface area contributed by atoms with Gasteiger partial charge in [-0.1, -0.05) is 35.5 Å². The lowest BCUT2D eigenvalue weighted by atomic mass is 10.1. The topological polar surface area (TPSA) is 64.4 Å². The highest BCUT2D eigenvalue weighted by molar-refractivity contribution is 6.00. The maximum Gasteiger partial charge on any atom is 0.257 e. The van der Waals surface area contributed by atoms with Crippen LogP contribution in [-0.4, -0.2) is 30.8 Å². The number of hydrogen-bond acceptors (Lipinski definition) is 4. The third kappa shape index (κ3) is 2.97. The molecule has 0 spiro atoms. The summed E-state index contributed by atoms with van der Waals surface area (Å²) in [5.74, 6) is 0.794. The van der Waals surface area contributed by atoms with E-state index in [1.54, 1.807) is 6.92 Å². The lowest BCUT2D eigenvalue weighted by Crippen LogP contribution is -2.30. The van der Waals surface area contributed by atoms with E-state index in [1.807, 2.05) is 30.3 Å². The van der Waals surface area contributed by atoms with Gasteiger partial charge in [0.2, 0.25) is 0 Å². The minimum Gasteiger partial charge on any atom is -0.381 e. The smallest absolute Gasteiger partial charge is 0.257 e. The van der Waals surface area contributed by atoms with Crippen molar-refractivity contribution in [2.75, 3.05) is 19.8 Å². The number of rotatable bonds is 4. The molecule has 1 aliphatic heterocycles. The molecule has 1 atom stereocenters. The van der Waals surface area contributed by atoms with Crippen LogP contribution in [0.2, 0.25) is 0 Å². The minimum absolute atomic E-state index is 0.139. The van der Waals surface area contributed by atoms with E-state index in [2.05, 4.69) is 10.5 Å². The van der Waals surface area contributed by atoms with Gasteiger partial charge in [0.1, 0.15) is 17.0 Å². The van der Waals surface area contributed by atoms with E-state index in [0.717, 1.165) is 18.6 Å². The van der Waals surface area contributed by atoms with E-state index in [1.165, 1.54) is 0 Å². The van der Waals surface area contributed by atoms with Crippen LogP contribution < -0.4 is 5.32 Å². The monoisotopic (exact) mass is 286 g/mol. The zero-order valence-corrected chi connectivity index (χ0v) is 12.0. The predicted molar refractivity (Wildman–Crippen MR) is 77.9 cm³/mol. The summed E-state index contributed by atoms with van der Waals surface area (Å²) < 4.78 is 10.5. The number of aromatic nitrogens is 1. The molecule has 1 saturated heterocycles. The Morgan fingerprint density at radius 2 is 2.19 bits per heavy atom. The Labute approximate surface area is 123 Å². The Morgan fingerprint density at radius 1 is 1.38 bits per heavy atom. The first kappa shape index (κ1) is 13.8. The molecular weight excluding hydrogens is 268 g/mol. The van der Waals surface area contributed by atoms with Crippen LogP contribution in [-0.2, 0) is 4.74 Å². The Kier molecular flexibility index (Phi) is 4.01. The second kappa shape index (κ2) is 6.10. The summed E-state index contributed by atoms with van der Waals surface area (Å²) in [5, 5.41) is 6.99. The van der Waals surface area contributed by atoms with Crippen molar-refractivity contribution in [1.29, 1.82) is 0 Å². The lowest BCUT2D eigenvalue weighted by molar-refractivity contribution is 0.0944. The molecule has 1 aromatic carbocycles. The zero-order valence-electron chi connectivity index (χ0n) is 12.0. The summed E-state index contributed by atoms with van der Waals surface area (Å²) in [7, 11) is 0. The molecule has 5 nitrogen and oxygen atoms in total. The maximum absolute atomic E-state index is 12.4. The van der Waals surface area contributed by atoms with Gasteiger partial charge in [0, 0.05) is 24.6 Å². The van der Waals surface area contributed by atoms with Crippen LogP contribution in [0.25, 0.3) is 11.3 Å². The largest absolute Gasteiger partial charge is 0.381 e.